The van der Waals surface area contributed by atoms with Crippen LogP contribution in [-0.2, 0) is 0 Å². The lowest BCUT2D eigenvalue weighted by atomic mass is 9.85. The normalized spacial score (nSPS) is 22.4. The van der Waals surface area contributed by atoms with Crippen molar-refractivity contribution in [2.24, 2.45) is 17.8 Å². The highest BCUT2D eigenvalue weighted by atomic mass is 16.3. The third-order valence-corrected chi connectivity index (χ3v) is 3.31. The zero-order valence-corrected chi connectivity index (χ0v) is 9.33. The standard InChI is InChI=1S/C11H23NO/c1-8(2)10-5-12(6-10)11(7-13)9(3)4/h8-11,13H,5-7H2,1-4H3/t11-/m0/s1. The van der Waals surface area contributed by atoms with Gasteiger partial charge in [0.05, 0.1) is 6.61 Å². The quantitative estimate of drug-likeness (QED) is 0.719. The highest BCUT2D eigenvalue weighted by molar-refractivity contribution is 4.87. The van der Waals surface area contributed by atoms with Crippen LogP contribution in [0, 0.1) is 17.8 Å². The van der Waals surface area contributed by atoms with Crippen LogP contribution in [0.3, 0.4) is 0 Å². The maximum Gasteiger partial charge on any atom is 0.0589 e. The Hall–Kier alpha value is -0.0800. The van der Waals surface area contributed by atoms with Crippen LogP contribution in [0.5, 0.6) is 0 Å². The van der Waals surface area contributed by atoms with E-state index in [-0.39, 0.29) is 0 Å². The van der Waals surface area contributed by atoms with Gasteiger partial charge in [0.1, 0.15) is 0 Å². The third kappa shape index (κ3) is 2.44. The topological polar surface area (TPSA) is 23.5 Å². The van der Waals surface area contributed by atoms with E-state index in [2.05, 4.69) is 32.6 Å². The predicted octanol–water partition coefficient (Wildman–Crippen LogP) is 1.59. The number of hydrogen-bond donors (Lipinski definition) is 1. The largest absolute Gasteiger partial charge is 0.395 e. The molecule has 1 saturated heterocycles. The Labute approximate surface area is 81.9 Å². The molecule has 13 heavy (non-hydrogen) atoms. The van der Waals surface area contributed by atoms with E-state index >= 15 is 0 Å². The van der Waals surface area contributed by atoms with Crippen molar-refractivity contribution < 1.29 is 5.11 Å². The van der Waals surface area contributed by atoms with Crippen LogP contribution in [0.15, 0.2) is 0 Å². The Morgan fingerprint density at radius 1 is 1.23 bits per heavy atom. The van der Waals surface area contributed by atoms with Gasteiger partial charge in [-0.25, -0.2) is 0 Å². The van der Waals surface area contributed by atoms with Gasteiger partial charge < -0.3 is 5.11 Å². The van der Waals surface area contributed by atoms with E-state index in [1.54, 1.807) is 0 Å². The average molecular weight is 185 g/mol. The van der Waals surface area contributed by atoms with E-state index in [1.165, 1.54) is 13.1 Å². The number of hydrogen-bond acceptors (Lipinski definition) is 2. The lowest BCUT2D eigenvalue weighted by molar-refractivity contribution is -0.0131. The highest BCUT2D eigenvalue weighted by Gasteiger charge is 2.34. The van der Waals surface area contributed by atoms with Crippen LogP contribution in [0.4, 0.5) is 0 Å². The van der Waals surface area contributed by atoms with Gasteiger partial charge in [0.15, 0.2) is 0 Å². The summed E-state index contributed by atoms with van der Waals surface area (Å²) in [5.74, 6) is 2.22. The predicted molar refractivity (Wildman–Crippen MR) is 55.6 cm³/mol. The Morgan fingerprint density at radius 3 is 2.08 bits per heavy atom. The SMILES string of the molecule is CC(C)C1CN([C@@H](CO)C(C)C)C1. The van der Waals surface area contributed by atoms with E-state index < -0.39 is 0 Å². The Morgan fingerprint density at radius 2 is 1.77 bits per heavy atom. The Bertz CT molecular complexity index is 150. The summed E-state index contributed by atoms with van der Waals surface area (Å²) in [6, 6.07) is 0.384. The van der Waals surface area contributed by atoms with Crippen molar-refractivity contribution in [2.75, 3.05) is 19.7 Å². The van der Waals surface area contributed by atoms with Gasteiger partial charge in [-0.3, -0.25) is 4.90 Å². The first-order valence-electron chi connectivity index (χ1n) is 5.41. The van der Waals surface area contributed by atoms with Crippen molar-refractivity contribution in [3.8, 4) is 0 Å². The fourth-order valence-electron chi connectivity index (χ4n) is 1.99. The van der Waals surface area contributed by atoms with Crippen molar-refractivity contribution in [1.82, 2.24) is 4.90 Å². The minimum Gasteiger partial charge on any atom is -0.395 e. The summed E-state index contributed by atoms with van der Waals surface area (Å²) in [7, 11) is 0. The molecule has 0 aliphatic carbocycles. The van der Waals surface area contributed by atoms with Gasteiger partial charge in [0.2, 0.25) is 0 Å². The van der Waals surface area contributed by atoms with Crippen LogP contribution in [0.25, 0.3) is 0 Å². The molecular weight excluding hydrogens is 162 g/mol. The van der Waals surface area contributed by atoms with Gasteiger partial charge in [-0.05, 0) is 17.8 Å². The molecule has 1 fully saturated rings. The average Bonchev–Trinajstić information content (AvgIpc) is 1.93. The highest BCUT2D eigenvalue weighted by Crippen LogP contribution is 2.27. The molecule has 0 spiro atoms. The first kappa shape index (κ1) is 11.0. The monoisotopic (exact) mass is 185 g/mol. The summed E-state index contributed by atoms with van der Waals surface area (Å²) in [6.07, 6.45) is 0. The lowest BCUT2D eigenvalue weighted by Crippen LogP contribution is -2.56. The van der Waals surface area contributed by atoms with Crippen molar-refractivity contribution >= 4 is 0 Å². The second-order valence-corrected chi connectivity index (χ2v) is 4.95. The Balaban J connectivity index is 2.32. The van der Waals surface area contributed by atoms with Crippen LogP contribution < -0.4 is 0 Å². The van der Waals surface area contributed by atoms with E-state index in [0.29, 0.717) is 18.6 Å². The summed E-state index contributed by atoms with van der Waals surface area (Å²) in [5, 5.41) is 9.22. The fraction of sp³-hybridized carbons (Fsp3) is 1.00. The molecule has 0 unspecified atom stereocenters. The van der Waals surface area contributed by atoms with E-state index in [1.807, 2.05) is 0 Å². The second-order valence-electron chi connectivity index (χ2n) is 4.95. The van der Waals surface area contributed by atoms with Crippen molar-refractivity contribution in [3.63, 3.8) is 0 Å². The molecule has 0 bridgehead atoms. The molecule has 1 atom stereocenters. The van der Waals surface area contributed by atoms with Gasteiger partial charge in [0, 0.05) is 19.1 Å². The van der Waals surface area contributed by atoms with Crippen LogP contribution in [0.1, 0.15) is 27.7 Å². The molecule has 0 saturated carbocycles. The number of likely N-dealkylation sites (tertiary alicyclic amines) is 1. The molecular formula is C11H23NO. The lowest BCUT2D eigenvalue weighted by Gasteiger charge is -2.47. The molecule has 1 aliphatic rings. The smallest absolute Gasteiger partial charge is 0.0589 e. The van der Waals surface area contributed by atoms with E-state index in [0.717, 1.165) is 11.8 Å². The first-order valence-corrected chi connectivity index (χ1v) is 5.41. The number of aliphatic hydroxyl groups excluding tert-OH is 1. The zero-order valence-electron chi connectivity index (χ0n) is 9.33. The molecule has 0 aromatic rings. The molecule has 1 rings (SSSR count). The molecule has 78 valence electrons. The maximum atomic E-state index is 9.22. The fourth-order valence-corrected chi connectivity index (χ4v) is 1.99. The minimum atomic E-state index is 0.308. The molecule has 0 radical (unpaired) electrons. The van der Waals surface area contributed by atoms with Crippen LogP contribution in [0.2, 0.25) is 0 Å². The number of rotatable bonds is 4. The molecule has 1 aliphatic heterocycles. The van der Waals surface area contributed by atoms with Crippen molar-refractivity contribution in [3.05, 3.63) is 0 Å². The molecule has 2 nitrogen and oxygen atoms in total. The summed E-state index contributed by atoms with van der Waals surface area (Å²) in [5.41, 5.74) is 0. The summed E-state index contributed by atoms with van der Waals surface area (Å²) < 4.78 is 0. The molecule has 1 N–H and O–H groups in total. The van der Waals surface area contributed by atoms with Crippen molar-refractivity contribution in [2.45, 2.75) is 33.7 Å². The summed E-state index contributed by atoms with van der Waals surface area (Å²) >= 11 is 0. The van der Waals surface area contributed by atoms with Crippen molar-refractivity contribution in [1.29, 1.82) is 0 Å². The van der Waals surface area contributed by atoms with Gasteiger partial charge in [-0.1, -0.05) is 27.7 Å². The molecule has 2 heteroatoms. The molecule has 0 amide bonds. The number of aliphatic hydroxyl groups is 1. The van der Waals surface area contributed by atoms with Crippen LogP contribution in [-0.4, -0.2) is 35.7 Å². The number of nitrogens with zero attached hydrogens (tertiary/aromatic N) is 1. The van der Waals surface area contributed by atoms with Crippen LogP contribution >= 0.6 is 0 Å². The zero-order chi connectivity index (χ0) is 10.0. The third-order valence-electron chi connectivity index (χ3n) is 3.31. The second kappa shape index (κ2) is 4.43. The Kier molecular flexibility index (Phi) is 3.74. The summed E-state index contributed by atoms with van der Waals surface area (Å²) in [6.45, 7) is 11.6. The first-order chi connectivity index (χ1) is 6.06. The van der Waals surface area contributed by atoms with Gasteiger partial charge >= 0.3 is 0 Å². The molecule has 0 aromatic heterocycles. The minimum absolute atomic E-state index is 0.308. The summed E-state index contributed by atoms with van der Waals surface area (Å²) in [4.78, 5) is 2.41. The van der Waals surface area contributed by atoms with Gasteiger partial charge in [0.25, 0.3) is 0 Å². The maximum absolute atomic E-state index is 9.22. The van der Waals surface area contributed by atoms with E-state index in [4.69, 9.17) is 0 Å². The molecule has 1 heterocycles. The molecule has 0 aromatic carbocycles. The van der Waals surface area contributed by atoms with Gasteiger partial charge in [-0.2, -0.15) is 0 Å². The van der Waals surface area contributed by atoms with Gasteiger partial charge in [-0.15, -0.1) is 0 Å². The van der Waals surface area contributed by atoms with E-state index in [9.17, 15) is 5.11 Å².